The molecule has 2 aromatic heterocycles. The molecule has 1 N–H and O–H groups in total. The highest BCUT2D eigenvalue weighted by molar-refractivity contribution is 7.89. The molecule has 0 fully saturated rings. The predicted molar refractivity (Wildman–Crippen MR) is 74.1 cm³/mol. The highest BCUT2D eigenvalue weighted by atomic mass is 32.2. The molecule has 0 atom stereocenters. The quantitative estimate of drug-likeness (QED) is 0.908. The van der Waals surface area contributed by atoms with Crippen LogP contribution in [0, 0.1) is 18.3 Å². The number of nitrogens with zero attached hydrogens (tertiary/aromatic N) is 3. The fourth-order valence-electron chi connectivity index (χ4n) is 1.69. The molecule has 0 radical (unpaired) electrons. The summed E-state index contributed by atoms with van der Waals surface area (Å²) in [6.45, 7) is 1.53. The van der Waals surface area contributed by atoms with Crippen molar-refractivity contribution in [1.29, 1.82) is 5.26 Å². The number of nitriles is 1. The molecule has 2 aromatic rings. The number of anilines is 1. The summed E-state index contributed by atoms with van der Waals surface area (Å²) < 4.78 is 36.1. The first-order chi connectivity index (χ1) is 9.81. The molecule has 0 aliphatic heterocycles. The summed E-state index contributed by atoms with van der Waals surface area (Å²) >= 11 is 0. The summed E-state index contributed by atoms with van der Waals surface area (Å²) in [7, 11) is 0.824. The number of oxazole rings is 1. The van der Waals surface area contributed by atoms with Crippen molar-refractivity contribution in [1.82, 2.24) is 9.29 Å². The maximum Gasteiger partial charge on any atom is 0.266 e. The second-order valence-electron chi connectivity index (χ2n) is 4.38. The SMILES string of the molecule is CNc1oc(-c2cc(S(=O)(=O)N(C)C)c(C)o2)nc1C#N. The number of furan rings is 1. The molecular weight excluding hydrogens is 296 g/mol. The van der Waals surface area contributed by atoms with E-state index in [2.05, 4.69) is 10.3 Å². The first-order valence-corrected chi connectivity index (χ1v) is 7.37. The van der Waals surface area contributed by atoms with Gasteiger partial charge in [0.1, 0.15) is 16.7 Å². The molecule has 0 saturated carbocycles. The van der Waals surface area contributed by atoms with Gasteiger partial charge in [0.15, 0.2) is 5.76 Å². The Kier molecular flexibility index (Phi) is 3.76. The Morgan fingerprint density at radius 2 is 2.05 bits per heavy atom. The number of rotatable bonds is 4. The smallest absolute Gasteiger partial charge is 0.266 e. The molecule has 0 aliphatic rings. The van der Waals surface area contributed by atoms with Gasteiger partial charge in [0.25, 0.3) is 5.89 Å². The highest BCUT2D eigenvalue weighted by Crippen LogP contribution is 2.31. The van der Waals surface area contributed by atoms with Crippen LogP contribution >= 0.6 is 0 Å². The lowest BCUT2D eigenvalue weighted by Gasteiger charge is -2.09. The van der Waals surface area contributed by atoms with Gasteiger partial charge in [-0.3, -0.25) is 0 Å². The van der Waals surface area contributed by atoms with E-state index in [4.69, 9.17) is 14.1 Å². The fraction of sp³-hybridized carbons (Fsp3) is 0.333. The van der Waals surface area contributed by atoms with E-state index in [0.29, 0.717) is 0 Å². The summed E-state index contributed by atoms with van der Waals surface area (Å²) in [4.78, 5) is 3.99. The zero-order chi connectivity index (χ0) is 15.8. The lowest BCUT2D eigenvalue weighted by Crippen LogP contribution is -2.22. The Labute approximate surface area is 122 Å². The molecule has 8 nitrogen and oxygen atoms in total. The highest BCUT2D eigenvalue weighted by Gasteiger charge is 2.26. The summed E-state index contributed by atoms with van der Waals surface area (Å²) in [5.41, 5.74) is 0.0681. The maximum atomic E-state index is 12.1. The molecule has 0 saturated heterocycles. The Morgan fingerprint density at radius 1 is 1.38 bits per heavy atom. The first-order valence-electron chi connectivity index (χ1n) is 5.93. The third-order valence-electron chi connectivity index (χ3n) is 2.80. The van der Waals surface area contributed by atoms with E-state index in [1.807, 2.05) is 6.07 Å². The minimum absolute atomic E-state index is 0.0326. The number of aromatic nitrogens is 1. The zero-order valence-electron chi connectivity index (χ0n) is 12.0. The van der Waals surface area contributed by atoms with Crippen LogP contribution in [0.25, 0.3) is 11.7 Å². The van der Waals surface area contributed by atoms with Crippen molar-refractivity contribution in [2.45, 2.75) is 11.8 Å². The van der Waals surface area contributed by atoms with Crippen molar-refractivity contribution in [3.63, 3.8) is 0 Å². The number of nitrogens with one attached hydrogen (secondary N) is 1. The molecule has 0 aliphatic carbocycles. The molecule has 0 spiro atoms. The molecular formula is C12H14N4O4S. The topological polar surface area (TPSA) is 112 Å². The van der Waals surface area contributed by atoms with Gasteiger partial charge in [0.2, 0.25) is 21.6 Å². The van der Waals surface area contributed by atoms with Crippen molar-refractivity contribution in [2.75, 3.05) is 26.5 Å². The van der Waals surface area contributed by atoms with Crippen molar-refractivity contribution < 1.29 is 17.3 Å². The lowest BCUT2D eigenvalue weighted by molar-refractivity contribution is 0.493. The fourth-order valence-corrected chi connectivity index (χ4v) is 2.75. The van der Waals surface area contributed by atoms with Crippen molar-refractivity contribution in [2.24, 2.45) is 0 Å². The van der Waals surface area contributed by atoms with Gasteiger partial charge in [-0.05, 0) is 6.92 Å². The zero-order valence-corrected chi connectivity index (χ0v) is 12.8. The van der Waals surface area contributed by atoms with Crippen LogP contribution < -0.4 is 5.32 Å². The van der Waals surface area contributed by atoms with Crippen LogP contribution in [0.5, 0.6) is 0 Å². The second-order valence-corrected chi connectivity index (χ2v) is 6.50. The van der Waals surface area contributed by atoms with Gasteiger partial charge in [-0.1, -0.05) is 0 Å². The van der Waals surface area contributed by atoms with E-state index in [1.54, 1.807) is 7.05 Å². The predicted octanol–water partition coefficient (Wildman–Crippen LogP) is 1.41. The Bertz CT molecular complexity index is 811. The number of hydrogen-bond donors (Lipinski definition) is 1. The summed E-state index contributed by atoms with van der Waals surface area (Å²) in [6.07, 6.45) is 0. The third-order valence-corrected chi connectivity index (χ3v) is 4.72. The summed E-state index contributed by atoms with van der Waals surface area (Å²) in [6, 6.07) is 3.20. The van der Waals surface area contributed by atoms with Gasteiger partial charge < -0.3 is 14.2 Å². The molecule has 0 unspecified atom stereocenters. The average Bonchev–Trinajstić information content (AvgIpc) is 3.01. The van der Waals surface area contributed by atoms with Gasteiger partial charge >= 0.3 is 0 Å². The number of aryl methyl sites for hydroxylation is 1. The largest absolute Gasteiger partial charge is 0.455 e. The number of sulfonamides is 1. The molecule has 0 aromatic carbocycles. The standard InChI is InChI=1S/C12H14N4O4S/c1-7-10(21(17,18)16(3)4)5-9(19-7)12-15-8(6-13)11(14-2)20-12/h5,14H,1-4H3. The van der Waals surface area contributed by atoms with E-state index in [0.717, 1.165) is 4.31 Å². The molecule has 0 bridgehead atoms. The van der Waals surface area contributed by atoms with E-state index < -0.39 is 10.0 Å². The molecule has 2 rings (SSSR count). The maximum absolute atomic E-state index is 12.1. The minimum atomic E-state index is -3.62. The van der Waals surface area contributed by atoms with Crippen LogP contribution in [0.3, 0.4) is 0 Å². The molecule has 9 heteroatoms. The van der Waals surface area contributed by atoms with Crippen LogP contribution in [-0.4, -0.2) is 38.9 Å². The third kappa shape index (κ3) is 2.51. The van der Waals surface area contributed by atoms with Crippen LogP contribution in [0.4, 0.5) is 5.88 Å². The van der Waals surface area contributed by atoms with Crippen molar-refractivity contribution in [3.05, 3.63) is 17.5 Å². The first kappa shape index (κ1) is 15.1. The van der Waals surface area contributed by atoms with Gasteiger partial charge in [0.05, 0.1) is 0 Å². The summed E-state index contributed by atoms with van der Waals surface area (Å²) in [5, 5.41) is 11.6. The van der Waals surface area contributed by atoms with Crippen molar-refractivity contribution >= 4 is 15.9 Å². The van der Waals surface area contributed by atoms with E-state index >= 15 is 0 Å². The molecule has 112 valence electrons. The average molecular weight is 310 g/mol. The Balaban J connectivity index is 2.54. The lowest BCUT2D eigenvalue weighted by atomic mass is 10.4. The van der Waals surface area contributed by atoms with E-state index in [9.17, 15) is 8.42 Å². The van der Waals surface area contributed by atoms with Crippen molar-refractivity contribution in [3.8, 4) is 17.7 Å². The van der Waals surface area contributed by atoms with E-state index in [1.165, 1.54) is 27.1 Å². The van der Waals surface area contributed by atoms with Crippen LogP contribution in [0.1, 0.15) is 11.5 Å². The monoisotopic (exact) mass is 310 g/mol. The van der Waals surface area contributed by atoms with Gasteiger partial charge in [-0.2, -0.15) is 10.2 Å². The second kappa shape index (κ2) is 5.23. The molecule has 0 amide bonds. The van der Waals surface area contributed by atoms with Gasteiger partial charge in [0, 0.05) is 27.2 Å². The Hall–Kier alpha value is -2.31. The molecule has 21 heavy (non-hydrogen) atoms. The number of hydrogen-bond acceptors (Lipinski definition) is 7. The Morgan fingerprint density at radius 3 is 2.52 bits per heavy atom. The van der Waals surface area contributed by atoms with Gasteiger partial charge in [-0.25, -0.2) is 12.7 Å². The van der Waals surface area contributed by atoms with Crippen LogP contribution in [0.15, 0.2) is 19.8 Å². The van der Waals surface area contributed by atoms with Gasteiger partial charge in [-0.15, -0.1) is 0 Å². The molecule has 2 heterocycles. The summed E-state index contributed by atoms with van der Waals surface area (Å²) in [5.74, 6) is 0.602. The minimum Gasteiger partial charge on any atom is -0.455 e. The normalized spacial score (nSPS) is 11.6. The van der Waals surface area contributed by atoms with Crippen LogP contribution in [0.2, 0.25) is 0 Å². The van der Waals surface area contributed by atoms with Crippen LogP contribution in [-0.2, 0) is 10.0 Å². The van der Waals surface area contributed by atoms with E-state index in [-0.39, 0.29) is 33.9 Å².